The summed E-state index contributed by atoms with van der Waals surface area (Å²) in [7, 11) is 3.44. The number of hydrogen-bond donors (Lipinski definition) is 0. The third-order valence-corrected chi connectivity index (χ3v) is 5.04. The van der Waals surface area contributed by atoms with Gasteiger partial charge in [0.15, 0.2) is 6.61 Å². The van der Waals surface area contributed by atoms with E-state index in [-0.39, 0.29) is 30.2 Å². The van der Waals surface area contributed by atoms with Gasteiger partial charge in [-0.15, -0.1) is 0 Å². The second-order valence-electron chi connectivity index (χ2n) is 6.98. The lowest BCUT2D eigenvalue weighted by atomic mass is 9.90. The monoisotopic (exact) mass is 364 g/mol. The molecule has 0 aromatic heterocycles. The van der Waals surface area contributed by atoms with Crippen LogP contribution < -0.4 is 4.90 Å². The van der Waals surface area contributed by atoms with Crippen LogP contribution >= 0.6 is 0 Å². The van der Waals surface area contributed by atoms with E-state index in [4.69, 9.17) is 9.47 Å². The second-order valence-corrected chi connectivity index (χ2v) is 6.98. The molecule has 0 unspecified atom stereocenters. The van der Waals surface area contributed by atoms with E-state index < -0.39 is 11.8 Å². The molecule has 2 aliphatic rings. The van der Waals surface area contributed by atoms with Gasteiger partial charge in [-0.05, 0) is 31.0 Å². The first-order chi connectivity index (χ1) is 12.5. The first kappa shape index (κ1) is 18.6. The molecule has 1 saturated heterocycles. The van der Waals surface area contributed by atoms with Crippen molar-refractivity contribution < 1.29 is 23.5 Å². The molecule has 2 atom stereocenters. The summed E-state index contributed by atoms with van der Waals surface area (Å²) in [4.78, 5) is 28.1. The average Bonchev–Trinajstić information content (AvgIpc) is 2.65. The number of anilines is 1. The van der Waals surface area contributed by atoms with Crippen molar-refractivity contribution in [1.29, 1.82) is 0 Å². The fourth-order valence-corrected chi connectivity index (χ4v) is 3.70. The van der Waals surface area contributed by atoms with Gasteiger partial charge in [0.2, 0.25) is 0 Å². The summed E-state index contributed by atoms with van der Waals surface area (Å²) in [6.45, 7) is 0.695. The maximum atomic E-state index is 14.0. The zero-order valence-corrected chi connectivity index (χ0v) is 15.2. The molecular weight excluding hydrogens is 339 g/mol. The summed E-state index contributed by atoms with van der Waals surface area (Å²) in [6, 6.07) is 4.22. The molecule has 1 amide bonds. The van der Waals surface area contributed by atoms with Gasteiger partial charge in [0, 0.05) is 20.6 Å². The molecule has 1 aromatic rings. The smallest absolute Gasteiger partial charge is 0.338 e. The molecule has 1 saturated carbocycles. The minimum absolute atomic E-state index is 0.0699. The van der Waals surface area contributed by atoms with Crippen molar-refractivity contribution in [1.82, 2.24) is 4.90 Å². The Hall–Kier alpha value is -2.15. The van der Waals surface area contributed by atoms with E-state index in [1.165, 1.54) is 12.1 Å². The van der Waals surface area contributed by atoms with Gasteiger partial charge in [-0.25, -0.2) is 9.18 Å². The minimum atomic E-state index is -0.698. The second kappa shape index (κ2) is 8.03. The highest BCUT2D eigenvalue weighted by Crippen LogP contribution is 2.28. The largest absolute Gasteiger partial charge is 0.452 e. The summed E-state index contributed by atoms with van der Waals surface area (Å²) in [6.07, 6.45) is 4.16. The van der Waals surface area contributed by atoms with Crippen LogP contribution in [0, 0.1) is 5.82 Å². The summed E-state index contributed by atoms with van der Waals surface area (Å²) < 4.78 is 24.9. The molecule has 1 heterocycles. The fourth-order valence-electron chi connectivity index (χ4n) is 3.70. The van der Waals surface area contributed by atoms with Gasteiger partial charge in [-0.2, -0.15) is 0 Å². The number of morpholine rings is 1. The topological polar surface area (TPSA) is 59.1 Å². The van der Waals surface area contributed by atoms with Crippen molar-refractivity contribution in [3.05, 3.63) is 29.6 Å². The molecule has 2 fully saturated rings. The summed E-state index contributed by atoms with van der Waals surface area (Å²) >= 11 is 0. The van der Waals surface area contributed by atoms with Crippen molar-refractivity contribution in [3.8, 4) is 0 Å². The number of carbonyl (C=O) groups excluding carboxylic acids is 2. The van der Waals surface area contributed by atoms with Crippen molar-refractivity contribution in [2.75, 3.05) is 38.8 Å². The van der Waals surface area contributed by atoms with Crippen LogP contribution in [-0.2, 0) is 14.3 Å². The van der Waals surface area contributed by atoms with Crippen molar-refractivity contribution >= 4 is 17.6 Å². The molecular formula is C19H25FN2O4. The predicted molar refractivity (Wildman–Crippen MR) is 94.7 cm³/mol. The Labute approximate surface area is 152 Å². The highest BCUT2D eigenvalue weighted by atomic mass is 19.1. The number of carbonyl (C=O) groups is 2. The molecule has 1 aromatic carbocycles. The number of benzene rings is 1. The zero-order valence-electron chi connectivity index (χ0n) is 15.2. The number of esters is 1. The first-order valence-electron chi connectivity index (χ1n) is 9.02. The van der Waals surface area contributed by atoms with Crippen LogP contribution in [0.4, 0.5) is 10.1 Å². The van der Waals surface area contributed by atoms with Crippen LogP contribution in [0.2, 0.25) is 0 Å². The highest BCUT2D eigenvalue weighted by molar-refractivity contribution is 5.91. The number of amides is 1. The van der Waals surface area contributed by atoms with Crippen molar-refractivity contribution in [2.45, 2.75) is 37.8 Å². The molecule has 142 valence electrons. The SMILES string of the molecule is CN(C)c1ccc(C(=O)OCC(=O)N2CCO[C@@H]3CCCC[C@H]32)cc1F. The Morgan fingerprint density at radius 2 is 2.08 bits per heavy atom. The maximum Gasteiger partial charge on any atom is 0.338 e. The minimum Gasteiger partial charge on any atom is -0.452 e. The standard InChI is InChI=1S/C19H25FN2O4/c1-21(2)15-8-7-13(11-14(15)20)19(24)26-12-18(23)22-9-10-25-17-6-4-3-5-16(17)22/h7-8,11,16-17H,3-6,9-10,12H2,1-2H3/t16-,17-/m1/s1. The van der Waals surface area contributed by atoms with Crippen LogP contribution in [0.3, 0.4) is 0 Å². The molecule has 0 N–H and O–H groups in total. The Morgan fingerprint density at radius 3 is 2.81 bits per heavy atom. The van der Waals surface area contributed by atoms with Crippen LogP contribution in [0.25, 0.3) is 0 Å². The lowest BCUT2D eigenvalue weighted by Gasteiger charge is -2.43. The Bertz CT molecular complexity index is 678. The maximum absolute atomic E-state index is 14.0. The van der Waals surface area contributed by atoms with E-state index in [1.54, 1.807) is 23.9 Å². The summed E-state index contributed by atoms with van der Waals surface area (Å²) in [5.41, 5.74) is 0.479. The van der Waals surface area contributed by atoms with Gasteiger partial charge in [-0.3, -0.25) is 4.79 Å². The van der Waals surface area contributed by atoms with Gasteiger partial charge in [-0.1, -0.05) is 12.8 Å². The molecule has 7 heteroatoms. The number of rotatable bonds is 4. The average molecular weight is 364 g/mol. The first-order valence-corrected chi connectivity index (χ1v) is 9.02. The van der Waals surface area contributed by atoms with Gasteiger partial charge in [0.25, 0.3) is 5.91 Å². The summed E-state index contributed by atoms with van der Waals surface area (Å²) in [5.74, 6) is -1.42. The van der Waals surface area contributed by atoms with Crippen LogP contribution in [0.15, 0.2) is 18.2 Å². The van der Waals surface area contributed by atoms with E-state index in [2.05, 4.69) is 0 Å². The molecule has 0 radical (unpaired) electrons. The number of ether oxygens (including phenoxy) is 2. The lowest BCUT2D eigenvalue weighted by Crippen LogP contribution is -2.55. The van der Waals surface area contributed by atoms with Gasteiger partial charge < -0.3 is 19.3 Å². The summed E-state index contributed by atoms with van der Waals surface area (Å²) in [5, 5.41) is 0. The Morgan fingerprint density at radius 1 is 1.31 bits per heavy atom. The quantitative estimate of drug-likeness (QED) is 0.767. The molecule has 1 aliphatic carbocycles. The van der Waals surface area contributed by atoms with E-state index in [0.29, 0.717) is 18.8 Å². The number of fused-ring (bicyclic) bond motifs is 1. The van der Waals surface area contributed by atoms with Crippen molar-refractivity contribution in [3.63, 3.8) is 0 Å². The van der Waals surface area contributed by atoms with Gasteiger partial charge >= 0.3 is 5.97 Å². The number of hydrogen-bond acceptors (Lipinski definition) is 5. The highest BCUT2D eigenvalue weighted by Gasteiger charge is 2.36. The molecule has 0 bridgehead atoms. The van der Waals surface area contributed by atoms with E-state index in [0.717, 1.165) is 31.7 Å². The Balaban J connectivity index is 1.58. The lowest BCUT2D eigenvalue weighted by molar-refractivity contribution is -0.152. The van der Waals surface area contributed by atoms with Gasteiger partial charge in [0.1, 0.15) is 5.82 Å². The molecule has 3 rings (SSSR count). The third-order valence-electron chi connectivity index (χ3n) is 5.04. The predicted octanol–water partition coefficient (Wildman–Crippen LogP) is 2.22. The molecule has 26 heavy (non-hydrogen) atoms. The molecule has 0 spiro atoms. The zero-order chi connectivity index (χ0) is 18.7. The van der Waals surface area contributed by atoms with E-state index in [9.17, 15) is 14.0 Å². The van der Waals surface area contributed by atoms with E-state index in [1.807, 2.05) is 0 Å². The Kier molecular flexibility index (Phi) is 5.76. The number of nitrogens with zero attached hydrogens (tertiary/aromatic N) is 2. The van der Waals surface area contributed by atoms with Crippen LogP contribution in [0.5, 0.6) is 0 Å². The number of halogens is 1. The van der Waals surface area contributed by atoms with Gasteiger partial charge in [0.05, 0.1) is 30.0 Å². The van der Waals surface area contributed by atoms with Crippen LogP contribution in [0.1, 0.15) is 36.0 Å². The fraction of sp³-hybridized carbons (Fsp3) is 0.579. The van der Waals surface area contributed by atoms with Crippen LogP contribution in [-0.4, -0.2) is 62.8 Å². The molecule has 1 aliphatic heterocycles. The normalized spacial score (nSPS) is 22.5. The third kappa shape index (κ3) is 3.98. The van der Waals surface area contributed by atoms with E-state index >= 15 is 0 Å². The molecule has 6 nitrogen and oxygen atoms in total. The van der Waals surface area contributed by atoms with Crippen molar-refractivity contribution in [2.24, 2.45) is 0 Å².